The summed E-state index contributed by atoms with van der Waals surface area (Å²) in [5, 5.41) is 5.66. The van der Waals surface area contributed by atoms with Gasteiger partial charge in [-0.3, -0.25) is 24.1 Å². The molecule has 1 aliphatic heterocycles. The van der Waals surface area contributed by atoms with E-state index in [0.717, 1.165) is 0 Å². The summed E-state index contributed by atoms with van der Waals surface area (Å²) in [6.45, 7) is 1.45. The van der Waals surface area contributed by atoms with E-state index in [4.69, 9.17) is 0 Å². The Morgan fingerprint density at radius 3 is 1.85 bits per heavy atom. The number of hydrogen-bond donors (Lipinski definition) is 2. The average molecular weight is 448 g/mol. The SMILES string of the molecule is CC(=O)Nc1ccc(NC(=O)C2CCC(N3C(=O)[C@@H]4[C@@H]5C=C[C@H]([C@@H]6C[C@H]56)[C@H]4C3=O)CC2)cc1. The van der Waals surface area contributed by atoms with Crippen molar-refractivity contribution in [2.24, 2.45) is 41.4 Å². The number of amides is 4. The van der Waals surface area contributed by atoms with Crippen LogP contribution in [-0.2, 0) is 19.2 Å². The Morgan fingerprint density at radius 1 is 0.818 bits per heavy atom. The molecule has 3 saturated carbocycles. The second-order valence-electron chi connectivity index (χ2n) is 10.5. The van der Waals surface area contributed by atoms with Gasteiger partial charge in [0.15, 0.2) is 0 Å². The summed E-state index contributed by atoms with van der Waals surface area (Å²) < 4.78 is 0. The van der Waals surface area contributed by atoms with E-state index in [2.05, 4.69) is 22.8 Å². The number of nitrogens with zero attached hydrogens (tertiary/aromatic N) is 1. The first-order chi connectivity index (χ1) is 15.9. The molecule has 0 spiro atoms. The van der Waals surface area contributed by atoms with Crippen molar-refractivity contribution in [2.75, 3.05) is 10.6 Å². The molecule has 5 aliphatic carbocycles. The number of allylic oxidation sites excluding steroid dienone is 2. The smallest absolute Gasteiger partial charge is 0.233 e. The first-order valence-electron chi connectivity index (χ1n) is 12.2. The summed E-state index contributed by atoms with van der Waals surface area (Å²) in [5.41, 5.74) is 1.37. The fraction of sp³-hybridized carbons (Fsp3) is 0.538. The number of carbonyl (C=O) groups excluding carboxylic acids is 4. The van der Waals surface area contributed by atoms with Crippen molar-refractivity contribution in [3.8, 4) is 0 Å². The van der Waals surface area contributed by atoms with E-state index in [9.17, 15) is 19.2 Å². The molecule has 6 aliphatic rings. The van der Waals surface area contributed by atoms with Gasteiger partial charge in [0, 0.05) is 30.3 Å². The van der Waals surface area contributed by atoms with Gasteiger partial charge in [-0.05, 0) is 80.0 Å². The van der Waals surface area contributed by atoms with Gasteiger partial charge in [0.05, 0.1) is 11.8 Å². The molecule has 0 radical (unpaired) electrons. The summed E-state index contributed by atoms with van der Waals surface area (Å²) in [6, 6.07) is 6.97. The number of hydrogen-bond acceptors (Lipinski definition) is 4. The van der Waals surface area contributed by atoms with Gasteiger partial charge in [0.1, 0.15) is 0 Å². The highest BCUT2D eigenvalue weighted by Gasteiger charge is 2.67. The zero-order valence-electron chi connectivity index (χ0n) is 18.7. The van der Waals surface area contributed by atoms with Crippen LogP contribution in [-0.4, -0.2) is 34.6 Å². The van der Waals surface area contributed by atoms with Gasteiger partial charge in [0.25, 0.3) is 0 Å². The fourth-order valence-corrected chi connectivity index (χ4v) is 7.02. The van der Waals surface area contributed by atoms with E-state index < -0.39 is 0 Å². The predicted molar refractivity (Wildman–Crippen MR) is 122 cm³/mol. The van der Waals surface area contributed by atoms with Crippen molar-refractivity contribution >= 4 is 35.0 Å². The molecular weight excluding hydrogens is 418 g/mol. The molecule has 172 valence electrons. The van der Waals surface area contributed by atoms with Crippen LogP contribution in [0.15, 0.2) is 36.4 Å². The maximum Gasteiger partial charge on any atom is 0.233 e. The fourth-order valence-electron chi connectivity index (χ4n) is 7.02. The molecule has 7 heteroatoms. The van der Waals surface area contributed by atoms with Crippen LogP contribution in [0.25, 0.3) is 0 Å². The number of carbonyl (C=O) groups is 4. The Balaban J connectivity index is 1.06. The maximum absolute atomic E-state index is 13.3. The van der Waals surface area contributed by atoms with E-state index in [0.29, 0.717) is 48.9 Å². The number of nitrogens with one attached hydrogen (secondary N) is 2. The number of benzene rings is 1. The predicted octanol–water partition coefficient (Wildman–Crippen LogP) is 3.20. The lowest BCUT2D eigenvalue weighted by atomic mass is 9.63. The lowest BCUT2D eigenvalue weighted by molar-refractivity contribution is -0.144. The van der Waals surface area contributed by atoms with E-state index in [1.807, 2.05) is 0 Å². The van der Waals surface area contributed by atoms with E-state index in [-0.39, 0.29) is 59.3 Å². The largest absolute Gasteiger partial charge is 0.326 e. The zero-order chi connectivity index (χ0) is 22.9. The lowest BCUT2D eigenvalue weighted by Gasteiger charge is -2.37. The van der Waals surface area contributed by atoms with E-state index >= 15 is 0 Å². The molecule has 7 nitrogen and oxygen atoms in total. The van der Waals surface area contributed by atoms with Gasteiger partial charge < -0.3 is 10.6 Å². The Kier molecular flexibility index (Phi) is 4.71. The summed E-state index contributed by atoms with van der Waals surface area (Å²) in [6.07, 6.45) is 8.30. The number of anilines is 2. The molecule has 2 bridgehead atoms. The minimum atomic E-state index is -0.141. The molecule has 2 N–H and O–H groups in total. The summed E-state index contributed by atoms with van der Waals surface area (Å²) in [7, 11) is 0. The zero-order valence-corrected chi connectivity index (χ0v) is 18.7. The van der Waals surface area contributed by atoms with E-state index in [1.165, 1.54) is 13.3 Å². The van der Waals surface area contributed by atoms with Crippen LogP contribution in [0.2, 0.25) is 0 Å². The summed E-state index contributed by atoms with van der Waals surface area (Å²) in [4.78, 5) is 52.2. The minimum absolute atomic E-state index is 0.0317. The molecule has 33 heavy (non-hydrogen) atoms. The van der Waals surface area contributed by atoms with Crippen molar-refractivity contribution in [1.29, 1.82) is 0 Å². The molecule has 1 aromatic rings. The maximum atomic E-state index is 13.3. The van der Waals surface area contributed by atoms with Crippen molar-refractivity contribution in [3.05, 3.63) is 36.4 Å². The lowest BCUT2D eigenvalue weighted by Crippen LogP contribution is -2.44. The molecule has 1 aromatic carbocycles. The highest BCUT2D eigenvalue weighted by molar-refractivity contribution is 6.06. The normalized spacial score (nSPS) is 38.0. The number of rotatable bonds is 4. The van der Waals surface area contributed by atoms with Crippen LogP contribution in [0, 0.1) is 41.4 Å². The second kappa shape index (κ2) is 7.54. The van der Waals surface area contributed by atoms with Crippen molar-refractivity contribution in [2.45, 2.75) is 45.1 Å². The van der Waals surface area contributed by atoms with Crippen molar-refractivity contribution in [1.82, 2.24) is 4.90 Å². The standard InChI is InChI=1S/C26H29N3O4/c1-13(30)27-15-4-6-16(7-5-15)28-24(31)14-2-8-17(9-3-14)29-25(32)22-18-10-11-19(21-12-20(18)21)23(22)26(29)33/h4-7,10-11,14,17-23H,2-3,8-9,12H2,1H3,(H,27,30)(H,28,31)/t14?,17?,18-,19-,20-,21+,22-,23-/m1/s1. The van der Waals surface area contributed by atoms with Crippen LogP contribution in [0.3, 0.4) is 0 Å². The van der Waals surface area contributed by atoms with Crippen LogP contribution in [0.1, 0.15) is 39.0 Å². The third kappa shape index (κ3) is 3.31. The Morgan fingerprint density at radius 2 is 1.33 bits per heavy atom. The molecule has 7 rings (SSSR count). The second-order valence-corrected chi connectivity index (χ2v) is 10.5. The molecule has 1 heterocycles. The third-order valence-corrected chi connectivity index (χ3v) is 8.60. The average Bonchev–Trinajstić information content (AvgIpc) is 3.58. The number of imide groups is 1. The molecule has 0 unspecified atom stereocenters. The van der Waals surface area contributed by atoms with Crippen LogP contribution in [0.4, 0.5) is 11.4 Å². The molecule has 0 aromatic heterocycles. The Bertz CT molecular complexity index is 1020. The highest BCUT2D eigenvalue weighted by Crippen LogP contribution is 2.65. The van der Waals surface area contributed by atoms with Crippen LogP contribution < -0.4 is 10.6 Å². The van der Waals surface area contributed by atoms with Gasteiger partial charge in [-0.2, -0.15) is 0 Å². The van der Waals surface area contributed by atoms with Gasteiger partial charge in [-0.25, -0.2) is 0 Å². The van der Waals surface area contributed by atoms with Gasteiger partial charge in [-0.1, -0.05) is 12.2 Å². The Hall–Kier alpha value is -2.96. The van der Waals surface area contributed by atoms with Crippen LogP contribution >= 0.6 is 0 Å². The molecule has 1 saturated heterocycles. The van der Waals surface area contributed by atoms with Gasteiger partial charge in [-0.15, -0.1) is 0 Å². The molecule has 6 atom stereocenters. The highest BCUT2D eigenvalue weighted by atomic mass is 16.2. The third-order valence-electron chi connectivity index (χ3n) is 8.60. The van der Waals surface area contributed by atoms with E-state index in [1.54, 1.807) is 29.2 Å². The van der Waals surface area contributed by atoms with Gasteiger partial charge >= 0.3 is 0 Å². The number of likely N-dealkylation sites (tertiary alicyclic amines) is 1. The topological polar surface area (TPSA) is 95.6 Å². The first kappa shape index (κ1) is 20.6. The van der Waals surface area contributed by atoms with Crippen LogP contribution in [0.5, 0.6) is 0 Å². The molecule has 4 amide bonds. The summed E-state index contributed by atoms with van der Waals surface area (Å²) >= 11 is 0. The molecule has 4 fully saturated rings. The first-order valence-corrected chi connectivity index (χ1v) is 12.2. The molecular formula is C26H29N3O4. The van der Waals surface area contributed by atoms with Gasteiger partial charge in [0.2, 0.25) is 23.6 Å². The van der Waals surface area contributed by atoms with Crippen molar-refractivity contribution in [3.63, 3.8) is 0 Å². The van der Waals surface area contributed by atoms with Crippen molar-refractivity contribution < 1.29 is 19.2 Å². The monoisotopic (exact) mass is 447 g/mol. The summed E-state index contributed by atoms with van der Waals surface area (Å²) in [5.74, 6) is 1.25. The quantitative estimate of drug-likeness (QED) is 0.547. The minimum Gasteiger partial charge on any atom is -0.326 e. The Labute approximate surface area is 193 Å².